The molecule has 0 saturated heterocycles. The molecule has 0 bridgehead atoms. The molecule has 1 aromatic carbocycles. The standard InChI is InChI=1S/C8H4F2N2S2/c9-5-3-1-2-4(6(5)10)7-11-12-8(13)14-7/h1-3H,(H,12,13). The maximum absolute atomic E-state index is 13.2. The molecule has 2 aromatic rings. The Labute approximate surface area is 87.2 Å². The second-order valence-electron chi connectivity index (χ2n) is 2.52. The molecule has 1 heterocycles. The predicted molar refractivity (Wildman–Crippen MR) is 52.7 cm³/mol. The smallest absolute Gasteiger partial charge is 0.176 e. The SMILES string of the molecule is Fc1cccc(-c2n[nH]c(=S)s2)c1F. The van der Waals surface area contributed by atoms with Gasteiger partial charge in [-0.2, -0.15) is 5.10 Å². The van der Waals surface area contributed by atoms with E-state index in [2.05, 4.69) is 10.2 Å². The second-order valence-corrected chi connectivity index (χ2v) is 4.19. The summed E-state index contributed by atoms with van der Waals surface area (Å²) in [6.07, 6.45) is 0. The summed E-state index contributed by atoms with van der Waals surface area (Å²) in [5.41, 5.74) is 0.127. The van der Waals surface area contributed by atoms with E-state index in [0.717, 1.165) is 17.4 Å². The van der Waals surface area contributed by atoms with E-state index < -0.39 is 11.6 Å². The van der Waals surface area contributed by atoms with Crippen LogP contribution in [-0.2, 0) is 0 Å². The first-order chi connectivity index (χ1) is 6.68. The van der Waals surface area contributed by atoms with E-state index in [1.54, 1.807) is 0 Å². The minimum absolute atomic E-state index is 0.127. The molecule has 14 heavy (non-hydrogen) atoms. The van der Waals surface area contributed by atoms with Gasteiger partial charge >= 0.3 is 0 Å². The summed E-state index contributed by atoms with van der Waals surface area (Å²) in [6.45, 7) is 0. The average molecular weight is 230 g/mol. The Morgan fingerprint density at radius 3 is 2.79 bits per heavy atom. The minimum atomic E-state index is -0.898. The van der Waals surface area contributed by atoms with Gasteiger partial charge in [0.2, 0.25) is 0 Å². The van der Waals surface area contributed by atoms with Gasteiger partial charge in [-0.15, -0.1) is 0 Å². The number of benzene rings is 1. The number of halogens is 2. The van der Waals surface area contributed by atoms with Crippen LogP contribution in [0.4, 0.5) is 8.78 Å². The molecule has 0 aliphatic carbocycles. The number of nitrogens with one attached hydrogen (secondary N) is 1. The number of nitrogens with zero attached hydrogens (tertiary/aromatic N) is 1. The topological polar surface area (TPSA) is 28.7 Å². The predicted octanol–water partition coefficient (Wildman–Crippen LogP) is 3.15. The highest BCUT2D eigenvalue weighted by Gasteiger charge is 2.11. The molecule has 1 N–H and O–H groups in total. The summed E-state index contributed by atoms with van der Waals surface area (Å²) in [5, 5.41) is 6.63. The van der Waals surface area contributed by atoms with Crippen LogP contribution in [0.1, 0.15) is 0 Å². The monoisotopic (exact) mass is 230 g/mol. The Morgan fingerprint density at radius 1 is 1.36 bits per heavy atom. The summed E-state index contributed by atoms with van der Waals surface area (Å²) < 4.78 is 26.5. The fourth-order valence-corrected chi connectivity index (χ4v) is 1.92. The van der Waals surface area contributed by atoms with Crippen LogP contribution in [0.15, 0.2) is 18.2 Å². The van der Waals surface area contributed by atoms with Gasteiger partial charge in [0.25, 0.3) is 0 Å². The van der Waals surface area contributed by atoms with Crippen LogP contribution in [0.2, 0.25) is 0 Å². The van der Waals surface area contributed by atoms with Crippen molar-refractivity contribution >= 4 is 23.6 Å². The lowest BCUT2D eigenvalue weighted by molar-refractivity contribution is 0.511. The van der Waals surface area contributed by atoms with Gasteiger partial charge in [0, 0.05) is 0 Å². The Balaban J connectivity index is 2.62. The summed E-state index contributed by atoms with van der Waals surface area (Å²) in [7, 11) is 0. The van der Waals surface area contributed by atoms with Gasteiger partial charge in [-0.05, 0) is 24.4 Å². The highest BCUT2D eigenvalue weighted by atomic mass is 32.1. The summed E-state index contributed by atoms with van der Waals surface area (Å²) in [5.74, 6) is -1.78. The molecule has 0 spiro atoms. The first-order valence-corrected chi connectivity index (χ1v) is 4.91. The van der Waals surface area contributed by atoms with Crippen LogP contribution in [-0.4, -0.2) is 10.2 Å². The largest absolute Gasteiger partial charge is 0.258 e. The molecule has 1 aromatic heterocycles. The van der Waals surface area contributed by atoms with Gasteiger partial charge < -0.3 is 0 Å². The van der Waals surface area contributed by atoms with Crippen LogP contribution >= 0.6 is 23.6 Å². The molecule has 2 rings (SSSR count). The highest BCUT2D eigenvalue weighted by molar-refractivity contribution is 7.73. The molecule has 0 saturated carbocycles. The maximum Gasteiger partial charge on any atom is 0.176 e. The number of aromatic nitrogens is 2. The van der Waals surface area contributed by atoms with Crippen molar-refractivity contribution in [3.8, 4) is 10.6 Å². The lowest BCUT2D eigenvalue weighted by Gasteiger charge is -1.97. The highest BCUT2D eigenvalue weighted by Crippen LogP contribution is 2.25. The lowest BCUT2D eigenvalue weighted by atomic mass is 10.2. The first-order valence-electron chi connectivity index (χ1n) is 3.68. The molecular weight excluding hydrogens is 226 g/mol. The zero-order valence-electron chi connectivity index (χ0n) is 6.75. The quantitative estimate of drug-likeness (QED) is 0.762. The molecule has 0 atom stereocenters. The molecule has 0 amide bonds. The van der Waals surface area contributed by atoms with Crippen molar-refractivity contribution in [2.75, 3.05) is 0 Å². The van der Waals surface area contributed by atoms with Crippen LogP contribution in [0, 0.1) is 15.6 Å². The van der Waals surface area contributed by atoms with Crippen LogP contribution in [0.25, 0.3) is 10.6 Å². The van der Waals surface area contributed by atoms with E-state index in [0.29, 0.717) is 8.96 Å². The normalized spacial score (nSPS) is 10.4. The molecule has 72 valence electrons. The van der Waals surface area contributed by atoms with E-state index in [1.165, 1.54) is 12.1 Å². The Morgan fingerprint density at radius 2 is 2.14 bits per heavy atom. The Hall–Kier alpha value is -1.14. The maximum atomic E-state index is 13.2. The van der Waals surface area contributed by atoms with Gasteiger partial charge in [-0.25, -0.2) is 8.78 Å². The number of hydrogen-bond donors (Lipinski definition) is 1. The Bertz CT molecular complexity index is 518. The zero-order chi connectivity index (χ0) is 10.1. The number of aromatic amines is 1. The van der Waals surface area contributed by atoms with Crippen molar-refractivity contribution in [2.24, 2.45) is 0 Å². The fraction of sp³-hybridized carbons (Fsp3) is 0. The Kier molecular flexibility index (Phi) is 2.39. The van der Waals surface area contributed by atoms with Gasteiger partial charge in [-0.3, -0.25) is 5.10 Å². The van der Waals surface area contributed by atoms with Crippen molar-refractivity contribution in [1.82, 2.24) is 10.2 Å². The third kappa shape index (κ3) is 1.58. The van der Waals surface area contributed by atoms with E-state index in [4.69, 9.17) is 12.2 Å². The second kappa shape index (κ2) is 3.55. The molecular formula is C8H4F2N2S2. The van der Waals surface area contributed by atoms with Crippen molar-refractivity contribution in [3.05, 3.63) is 33.8 Å². The molecule has 0 fully saturated rings. The van der Waals surface area contributed by atoms with Gasteiger partial charge in [-0.1, -0.05) is 17.4 Å². The first kappa shape index (κ1) is 9.42. The molecule has 0 radical (unpaired) electrons. The van der Waals surface area contributed by atoms with Crippen LogP contribution in [0.3, 0.4) is 0 Å². The van der Waals surface area contributed by atoms with Crippen molar-refractivity contribution in [2.45, 2.75) is 0 Å². The minimum Gasteiger partial charge on any atom is -0.258 e. The number of hydrogen-bond acceptors (Lipinski definition) is 3. The number of H-pyrrole nitrogens is 1. The summed E-state index contributed by atoms with van der Waals surface area (Å²) in [6, 6.07) is 3.95. The van der Waals surface area contributed by atoms with Crippen molar-refractivity contribution in [1.29, 1.82) is 0 Å². The third-order valence-corrected chi connectivity index (χ3v) is 2.74. The van der Waals surface area contributed by atoms with Crippen molar-refractivity contribution in [3.63, 3.8) is 0 Å². The lowest BCUT2D eigenvalue weighted by Crippen LogP contribution is -1.88. The molecule has 6 heteroatoms. The zero-order valence-corrected chi connectivity index (χ0v) is 8.38. The fourth-order valence-electron chi connectivity index (χ4n) is 1.01. The average Bonchev–Trinajstić information content (AvgIpc) is 2.57. The van der Waals surface area contributed by atoms with E-state index >= 15 is 0 Å². The van der Waals surface area contributed by atoms with E-state index in [-0.39, 0.29) is 5.56 Å². The summed E-state index contributed by atoms with van der Waals surface area (Å²) in [4.78, 5) is 0. The van der Waals surface area contributed by atoms with E-state index in [9.17, 15) is 8.78 Å². The van der Waals surface area contributed by atoms with Crippen LogP contribution in [0.5, 0.6) is 0 Å². The van der Waals surface area contributed by atoms with E-state index in [1.807, 2.05) is 0 Å². The molecule has 0 aliphatic heterocycles. The molecule has 0 unspecified atom stereocenters. The van der Waals surface area contributed by atoms with Gasteiger partial charge in [0.1, 0.15) is 5.01 Å². The number of rotatable bonds is 1. The van der Waals surface area contributed by atoms with Crippen LogP contribution < -0.4 is 0 Å². The van der Waals surface area contributed by atoms with Gasteiger partial charge in [0.15, 0.2) is 15.6 Å². The third-order valence-electron chi connectivity index (χ3n) is 1.62. The molecule has 0 aliphatic rings. The van der Waals surface area contributed by atoms with Gasteiger partial charge in [0.05, 0.1) is 5.56 Å². The molecule has 2 nitrogen and oxygen atoms in total. The van der Waals surface area contributed by atoms with Crippen molar-refractivity contribution < 1.29 is 8.78 Å². The summed E-state index contributed by atoms with van der Waals surface area (Å²) >= 11 is 5.90.